The second-order valence-corrected chi connectivity index (χ2v) is 6.64. The first-order valence-corrected chi connectivity index (χ1v) is 9.08. The van der Waals surface area contributed by atoms with Crippen molar-refractivity contribution < 1.29 is 4.79 Å². The number of rotatable bonds is 7. The Morgan fingerprint density at radius 2 is 1.59 bits per heavy atom. The molecule has 1 aromatic heterocycles. The van der Waals surface area contributed by atoms with Crippen molar-refractivity contribution in [2.75, 3.05) is 5.32 Å². The minimum absolute atomic E-state index is 0.0633. The first-order valence-electron chi connectivity index (χ1n) is 9.08. The van der Waals surface area contributed by atoms with E-state index in [2.05, 4.69) is 15.3 Å². The Morgan fingerprint density at radius 1 is 0.963 bits per heavy atom. The number of carbonyl (C=O) groups is 1. The van der Waals surface area contributed by atoms with Gasteiger partial charge in [-0.1, -0.05) is 60.7 Å². The zero-order valence-electron chi connectivity index (χ0n) is 15.7. The second kappa shape index (κ2) is 8.94. The van der Waals surface area contributed by atoms with Crippen molar-refractivity contribution in [1.29, 1.82) is 0 Å². The summed E-state index contributed by atoms with van der Waals surface area (Å²) in [6, 6.07) is 21.8. The molecule has 5 heteroatoms. The number of hydrogen-bond acceptors (Lipinski definition) is 4. The van der Waals surface area contributed by atoms with E-state index in [0.29, 0.717) is 24.6 Å². The number of carbonyl (C=O) groups excluding carboxylic acids is 1. The average Bonchev–Trinajstić information content (AvgIpc) is 2.71. The van der Waals surface area contributed by atoms with Crippen LogP contribution >= 0.6 is 0 Å². The molecule has 0 saturated carbocycles. The quantitative estimate of drug-likeness (QED) is 0.688. The van der Waals surface area contributed by atoms with Gasteiger partial charge in [0.25, 0.3) is 5.91 Å². The molecule has 0 fully saturated rings. The van der Waals surface area contributed by atoms with Crippen LogP contribution in [-0.2, 0) is 13.1 Å². The Kier molecular flexibility index (Phi) is 6.15. The molecule has 0 saturated heterocycles. The molecular formula is C22H24N4O. The maximum Gasteiger partial charge on any atom is 0.273 e. The number of hydrogen-bond donors (Lipinski definition) is 1. The molecule has 1 N–H and O–H groups in total. The molecule has 0 atom stereocenters. The third-order valence-electron chi connectivity index (χ3n) is 4.28. The molecule has 27 heavy (non-hydrogen) atoms. The molecular weight excluding hydrogens is 336 g/mol. The standard InChI is InChI=1S/C22H24N4O/c1-17(2)26(15-19-11-7-4-8-12-19)22(27)20-13-21(25-16-24-20)23-14-18-9-5-3-6-10-18/h3-13,16-17H,14-15H2,1-2H3,(H,23,24,25). The molecule has 1 amide bonds. The average molecular weight is 360 g/mol. The maximum absolute atomic E-state index is 13.0. The van der Waals surface area contributed by atoms with Crippen LogP contribution in [0.15, 0.2) is 73.1 Å². The van der Waals surface area contributed by atoms with E-state index in [1.54, 1.807) is 6.07 Å². The zero-order chi connectivity index (χ0) is 19.1. The molecule has 0 radical (unpaired) electrons. The smallest absolute Gasteiger partial charge is 0.273 e. The summed E-state index contributed by atoms with van der Waals surface area (Å²) in [5.74, 6) is 0.541. The number of nitrogens with one attached hydrogen (secondary N) is 1. The fourth-order valence-corrected chi connectivity index (χ4v) is 2.78. The minimum Gasteiger partial charge on any atom is -0.366 e. The van der Waals surface area contributed by atoms with E-state index in [4.69, 9.17) is 0 Å². The molecule has 0 bridgehead atoms. The first-order chi connectivity index (χ1) is 13.1. The summed E-state index contributed by atoms with van der Waals surface area (Å²) < 4.78 is 0. The van der Waals surface area contributed by atoms with Gasteiger partial charge in [0.15, 0.2) is 0 Å². The van der Waals surface area contributed by atoms with Gasteiger partial charge in [0.1, 0.15) is 17.8 Å². The van der Waals surface area contributed by atoms with Gasteiger partial charge in [-0.2, -0.15) is 0 Å². The van der Waals surface area contributed by atoms with Gasteiger partial charge in [0.2, 0.25) is 0 Å². The number of anilines is 1. The molecule has 0 aliphatic carbocycles. The molecule has 3 rings (SSSR count). The monoisotopic (exact) mass is 360 g/mol. The molecule has 138 valence electrons. The molecule has 0 spiro atoms. The molecule has 0 unspecified atom stereocenters. The van der Waals surface area contributed by atoms with Crippen molar-refractivity contribution in [3.8, 4) is 0 Å². The molecule has 5 nitrogen and oxygen atoms in total. The fraction of sp³-hybridized carbons (Fsp3) is 0.227. The summed E-state index contributed by atoms with van der Waals surface area (Å²) in [7, 11) is 0. The summed E-state index contributed by atoms with van der Waals surface area (Å²) >= 11 is 0. The summed E-state index contributed by atoms with van der Waals surface area (Å²) in [5, 5.41) is 3.25. The fourth-order valence-electron chi connectivity index (χ4n) is 2.78. The predicted molar refractivity (Wildman–Crippen MR) is 107 cm³/mol. The highest BCUT2D eigenvalue weighted by atomic mass is 16.2. The van der Waals surface area contributed by atoms with Crippen LogP contribution in [0.4, 0.5) is 5.82 Å². The van der Waals surface area contributed by atoms with Crippen molar-refractivity contribution in [3.05, 3.63) is 89.9 Å². The van der Waals surface area contributed by atoms with Gasteiger partial charge in [-0.05, 0) is 25.0 Å². The first kappa shape index (κ1) is 18.6. The van der Waals surface area contributed by atoms with Crippen LogP contribution in [0.25, 0.3) is 0 Å². The van der Waals surface area contributed by atoms with Crippen LogP contribution < -0.4 is 5.32 Å². The number of nitrogens with zero attached hydrogens (tertiary/aromatic N) is 3. The van der Waals surface area contributed by atoms with Crippen molar-refractivity contribution in [3.63, 3.8) is 0 Å². The summed E-state index contributed by atoms with van der Waals surface area (Å²) in [4.78, 5) is 23.3. The predicted octanol–water partition coefficient (Wildman–Crippen LogP) is 4.14. The molecule has 3 aromatic rings. The van der Waals surface area contributed by atoms with E-state index >= 15 is 0 Å². The topological polar surface area (TPSA) is 58.1 Å². The van der Waals surface area contributed by atoms with Crippen molar-refractivity contribution in [1.82, 2.24) is 14.9 Å². The van der Waals surface area contributed by atoms with E-state index in [9.17, 15) is 4.79 Å². The van der Waals surface area contributed by atoms with E-state index < -0.39 is 0 Å². The second-order valence-electron chi connectivity index (χ2n) is 6.64. The van der Waals surface area contributed by atoms with Gasteiger partial charge >= 0.3 is 0 Å². The number of aromatic nitrogens is 2. The number of amides is 1. The van der Waals surface area contributed by atoms with Crippen LogP contribution in [0.5, 0.6) is 0 Å². The maximum atomic E-state index is 13.0. The Balaban J connectivity index is 1.72. The van der Waals surface area contributed by atoms with E-state index in [1.807, 2.05) is 79.4 Å². The van der Waals surface area contributed by atoms with Crippen LogP contribution in [-0.4, -0.2) is 26.8 Å². The SMILES string of the molecule is CC(C)N(Cc1ccccc1)C(=O)c1cc(NCc2ccccc2)ncn1. The van der Waals surface area contributed by atoms with Crippen LogP contribution in [0.2, 0.25) is 0 Å². The highest BCUT2D eigenvalue weighted by Crippen LogP contribution is 2.14. The Bertz CT molecular complexity index is 866. The Labute approximate surface area is 160 Å². The summed E-state index contributed by atoms with van der Waals surface area (Å²) in [6.07, 6.45) is 1.43. The van der Waals surface area contributed by atoms with Crippen LogP contribution in [0.3, 0.4) is 0 Å². The van der Waals surface area contributed by atoms with Crippen molar-refractivity contribution in [2.24, 2.45) is 0 Å². The lowest BCUT2D eigenvalue weighted by Gasteiger charge is -2.26. The minimum atomic E-state index is -0.0981. The van der Waals surface area contributed by atoms with E-state index in [0.717, 1.165) is 11.1 Å². The lowest BCUT2D eigenvalue weighted by molar-refractivity contribution is 0.0684. The van der Waals surface area contributed by atoms with Crippen molar-refractivity contribution >= 4 is 11.7 Å². The molecule has 0 aliphatic rings. The highest BCUT2D eigenvalue weighted by Gasteiger charge is 2.20. The summed E-state index contributed by atoms with van der Waals surface area (Å²) in [6.45, 7) is 5.21. The van der Waals surface area contributed by atoms with Gasteiger partial charge in [0.05, 0.1) is 0 Å². The molecule has 0 aliphatic heterocycles. The lowest BCUT2D eigenvalue weighted by atomic mass is 10.1. The Morgan fingerprint density at radius 3 is 2.22 bits per heavy atom. The van der Waals surface area contributed by atoms with Crippen LogP contribution in [0.1, 0.15) is 35.5 Å². The highest BCUT2D eigenvalue weighted by molar-refractivity contribution is 5.93. The van der Waals surface area contributed by atoms with Crippen molar-refractivity contribution in [2.45, 2.75) is 33.0 Å². The third kappa shape index (κ3) is 5.14. The normalized spacial score (nSPS) is 10.6. The Hall–Kier alpha value is -3.21. The lowest BCUT2D eigenvalue weighted by Crippen LogP contribution is -2.36. The van der Waals surface area contributed by atoms with Gasteiger partial charge in [-0.3, -0.25) is 4.79 Å². The molecule has 1 heterocycles. The van der Waals surface area contributed by atoms with E-state index in [-0.39, 0.29) is 11.9 Å². The van der Waals surface area contributed by atoms with Gasteiger partial charge < -0.3 is 10.2 Å². The van der Waals surface area contributed by atoms with Gasteiger partial charge in [-0.15, -0.1) is 0 Å². The van der Waals surface area contributed by atoms with Gasteiger partial charge in [-0.25, -0.2) is 9.97 Å². The van der Waals surface area contributed by atoms with Gasteiger partial charge in [0, 0.05) is 25.2 Å². The third-order valence-corrected chi connectivity index (χ3v) is 4.28. The van der Waals surface area contributed by atoms with Crippen LogP contribution in [0, 0.1) is 0 Å². The largest absolute Gasteiger partial charge is 0.366 e. The molecule has 2 aromatic carbocycles. The zero-order valence-corrected chi connectivity index (χ0v) is 15.7. The van der Waals surface area contributed by atoms with E-state index in [1.165, 1.54) is 6.33 Å². The number of benzene rings is 2. The summed E-state index contributed by atoms with van der Waals surface area (Å²) in [5.41, 5.74) is 2.64.